The van der Waals surface area contributed by atoms with Crippen molar-refractivity contribution in [2.75, 3.05) is 0 Å². The summed E-state index contributed by atoms with van der Waals surface area (Å²) in [7, 11) is 0. The Labute approximate surface area is 163 Å². The van der Waals surface area contributed by atoms with Crippen LogP contribution in [0.4, 0.5) is 0 Å². The topological polar surface area (TPSA) is 40.5 Å². The molecule has 3 heteroatoms. The fraction of sp³-hybridized carbons (Fsp3) is 0.364. The number of aliphatic hydroxyl groups is 2. The first-order chi connectivity index (χ1) is 11.0. The predicted octanol–water partition coefficient (Wildman–Crippen LogP) is 5.16. The molecule has 0 spiro atoms. The van der Waals surface area contributed by atoms with Gasteiger partial charge in [0.05, 0.1) is 0 Å². The van der Waals surface area contributed by atoms with Crippen LogP contribution in [0.15, 0.2) is 72.8 Å². The summed E-state index contributed by atoms with van der Waals surface area (Å²) in [6, 6.07) is 15.5. The van der Waals surface area contributed by atoms with Gasteiger partial charge >= 0.3 is 0 Å². The zero-order valence-corrected chi connectivity index (χ0v) is 16.8. The van der Waals surface area contributed by atoms with Gasteiger partial charge in [0.15, 0.2) is 0 Å². The molecule has 2 atom stereocenters. The van der Waals surface area contributed by atoms with Gasteiger partial charge in [-0.2, -0.15) is 24.3 Å². The van der Waals surface area contributed by atoms with Crippen LogP contribution >= 0.6 is 0 Å². The number of rotatable bonds is 6. The van der Waals surface area contributed by atoms with Gasteiger partial charge in [0.1, 0.15) is 0 Å². The maximum Gasteiger partial charge on any atom is 0.0470 e. The fourth-order valence-corrected chi connectivity index (χ4v) is 2.85. The average Bonchev–Trinajstić information content (AvgIpc) is 3.11. The van der Waals surface area contributed by atoms with Crippen LogP contribution in [0.25, 0.3) is 0 Å². The molecule has 0 amide bonds. The van der Waals surface area contributed by atoms with E-state index in [9.17, 15) is 10.2 Å². The molecule has 0 aliphatic rings. The quantitative estimate of drug-likeness (QED) is 0.412. The van der Waals surface area contributed by atoms with Crippen LogP contribution in [0.3, 0.4) is 0 Å². The summed E-state index contributed by atoms with van der Waals surface area (Å²) >= 11 is 0. The first-order valence-electron chi connectivity index (χ1n) is 8.22. The number of hydrogen-bond acceptors (Lipinski definition) is 2. The van der Waals surface area contributed by atoms with Gasteiger partial charge in [0.25, 0.3) is 0 Å². The summed E-state index contributed by atoms with van der Waals surface area (Å²) in [5.41, 5.74) is 2.42. The molecule has 2 unspecified atom stereocenters. The molecule has 0 saturated carbocycles. The van der Waals surface area contributed by atoms with Gasteiger partial charge in [-0.05, 0) is 40.5 Å². The zero-order chi connectivity index (χ0) is 18.4. The standard InChI is InChI=1S/2C11H15O.Fe/c2*1-9(2)8-11(3,12)10-6-4-5-7-10;/h2*4-7,12H,1,8H2,2-3H3;/q2*-1;. The van der Waals surface area contributed by atoms with Crippen molar-refractivity contribution in [2.24, 2.45) is 0 Å². The molecule has 0 heterocycles. The maximum atomic E-state index is 9.98. The summed E-state index contributed by atoms with van der Waals surface area (Å²) < 4.78 is 0. The molecule has 0 saturated heterocycles. The Bertz CT molecular complexity index is 573. The molecule has 2 rings (SSSR count). The van der Waals surface area contributed by atoms with E-state index in [1.807, 2.05) is 76.2 Å². The molecular weight excluding hydrogens is 352 g/mol. The van der Waals surface area contributed by atoms with Crippen molar-refractivity contribution in [2.45, 2.75) is 51.7 Å². The first kappa shape index (κ1) is 23.6. The molecule has 25 heavy (non-hydrogen) atoms. The van der Waals surface area contributed by atoms with E-state index in [4.69, 9.17) is 0 Å². The van der Waals surface area contributed by atoms with E-state index in [1.54, 1.807) is 0 Å². The minimum Gasteiger partial charge on any atom is -0.397 e. The van der Waals surface area contributed by atoms with Crippen molar-refractivity contribution in [1.29, 1.82) is 0 Å². The Hall–Kier alpha value is -1.38. The smallest absolute Gasteiger partial charge is 0.0470 e. The SMILES string of the molecule is C=C(C)CC(C)(O)[c-]1cccc1.C=C(C)CC(C)(O)[c-]1cccc1.[Fe]. The van der Waals surface area contributed by atoms with Crippen molar-refractivity contribution in [3.8, 4) is 0 Å². The minimum absolute atomic E-state index is 0. The largest absolute Gasteiger partial charge is 0.397 e. The van der Waals surface area contributed by atoms with Crippen molar-refractivity contribution in [1.82, 2.24) is 0 Å². The van der Waals surface area contributed by atoms with E-state index in [-0.39, 0.29) is 17.1 Å². The van der Waals surface area contributed by atoms with Crippen LogP contribution < -0.4 is 0 Å². The zero-order valence-electron chi connectivity index (χ0n) is 15.7. The van der Waals surface area contributed by atoms with Crippen molar-refractivity contribution >= 4 is 0 Å². The van der Waals surface area contributed by atoms with Crippen LogP contribution in [0.2, 0.25) is 0 Å². The normalized spacial score (nSPS) is 15.0. The van der Waals surface area contributed by atoms with E-state index in [0.29, 0.717) is 12.8 Å². The summed E-state index contributed by atoms with van der Waals surface area (Å²) in [6.07, 6.45) is 1.24. The molecule has 0 aliphatic carbocycles. The molecule has 0 aliphatic heterocycles. The predicted molar refractivity (Wildman–Crippen MR) is 102 cm³/mol. The van der Waals surface area contributed by atoms with Crippen LogP contribution in [0.5, 0.6) is 0 Å². The fourth-order valence-electron chi connectivity index (χ4n) is 2.85. The van der Waals surface area contributed by atoms with Crippen LogP contribution in [-0.2, 0) is 28.3 Å². The molecule has 0 bridgehead atoms. The first-order valence-corrected chi connectivity index (χ1v) is 8.22. The van der Waals surface area contributed by atoms with Gasteiger partial charge < -0.3 is 10.2 Å². The molecule has 0 aromatic heterocycles. The molecule has 0 radical (unpaired) electrons. The third kappa shape index (κ3) is 8.02. The summed E-state index contributed by atoms with van der Waals surface area (Å²) in [5.74, 6) is 0. The second-order valence-electron chi connectivity index (χ2n) is 7.16. The molecular formula is C22H30FeO2-2. The Kier molecular flexibility index (Phi) is 9.39. The Balaban J connectivity index is 0.000000443. The maximum absolute atomic E-state index is 9.98. The molecule has 2 aromatic carbocycles. The monoisotopic (exact) mass is 382 g/mol. The third-order valence-corrected chi connectivity index (χ3v) is 3.86. The van der Waals surface area contributed by atoms with Crippen LogP contribution in [-0.4, -0.2) is 10.2 Å². The summed E-state index contributed by atoms with van der Waals surface area (Å²) in [4.78, 5) is 0. The Morgan fingerprint density at radius 3 is 1.20 bits per heavy atom. The Morgan fingerprint density at radius 1 is 0.760 bits per heavy atom. The van der Waals surface area contributed by atoms with Gasteiger partial charge in [-0.25, -0.2) is 24.3 Å². The van der Waals surface area contributed by atoms with Crippen molar-refractivity contribution in [3.63, 3.8) is 0 Å². The van der Waals surface area contributed by atoms with E-state index in [0.717, 1.165) is 22.3 Å². The second kappa shape index (κ2) is 9.94. The summed E-state index contributed by atoms with van der Waals surface area (Å²) in [5, 5.41) is 20.0. The van der Waals surface area contributed by atoms with Gasteiger partial charge in [-0.15, -0.1) is 24.3 Å². The van der Waals surface area contributed by atoms with Crippen LogP contribution in [0.1, 0.15) is 51.7 Å². The summed E-state index contributed by atoms with van der Waals surface area (Å²) in [6.45, 7) is 15.1. The molecule has 2 aromatic rings. The molecule has 140 valence electrons. The average molecular weight is 382 g/mol. The van der Waals surface area contributed by atoms with Gasteiger partial charge in [-0.3, -0.25) is 0 Å². The van der Waals surface area contributed by atoms with Crippen molar-refractivity contribution in [3.05, 3.63) is 84.0 Å². The third-order valence-electron chi connectivity index (χ3n) is 3.86. The second-order valence-corrected chi connectivity index (χ2v) is 7.16. The van der Waals surface area contributed by atoms with E-state index < -0.39 is 11.2 Å². The van der Waals surface area contributed by atoms with Crippen molar-refractivity contribution < 1.29 is 27.3 Å². The molecule has 0 fully saturated rings. The molecule has 2 nitrogen and oxygen atoms in total. The van der Waals surface area contributed by atoms with E-state index >= 15 is 0 Å². The minimum atomic E-state index is -0.755. The Morgan fingerprint density at radius 2 is 1.00 bits per heavy atom. The number of hydrogen-bond donors (Lipinski definition) is 2. The van der Waals surface area contributed by atoms with Crippen LogP contribution in [0, 0.1) is 0 Å². The van der Waals surface area contributed by atoms with E-state index in [2.05, 4.69) is 13.2 Å². The van der Waals surface area contributed by atoms with Gasteiger partial charge in [0.2, 0.25) is 0 Å². The van der Waals surface area contributed by atoms with Gasteiger partial charge in [0, 0.05) is 28.3 Å². The molecule has 2 N–H and O–H groups in total. The van der Waals surface area contributed by atoms with E-state index in [1.165, 1.54) is 0 Å². The van der Waals surface area contributed by atoms with Gasteiger partial charge in [-0.1, -0.05) is 11.1 Å².